The lowest BCUT2D eigenvalue weighted by atomic mass is 9.94. The number of piperidine rings is 1. The quantitative estimate of drug-likeness (QED) is 0.687. The molecule has 3 heteroatoms. The Hall–Kier alpha value is -0.800. The zero-order valence-corrected chi connectivity index (χ0v) is 7.86. The van der Waals surface area contributed by atoms with Crippen LogP contribution in [0.1, 0.15) is 31.6 Å². The molecular formula is C10H16N2O. The van der Waals surface area contributed by atoms with E-state index >= 15 is 0 Å². The summed E-state index contributed by atoms with van der Waals surface area (Å²) in [5.41, 5.74) is 5.94. The number of nitrogens with one attached hydrogen (secondary N) is 1. The summed E-state index contributed by atoms with van der Waals surface area (Å²) in [6.45, 7) is 2.16. The van der Waals surface area contributed by atoms with Crippen molar-refractivity contribution in [2.24, 2.45) is 5.73 Å². The van der Waals surface area contributed by atoms with Crippen molar-refractivity contribution in [3.63, 3.8) is 0 Å². The minimum atomic E-state index is 0.298. The highest BCUT2D eigenvalue weighted by Gasteiger charge is 2.25. The molecule has 0 spiro atoms. The Bertz CT molecular complexity index is 248. The lowest BCUT2D eigenvalue weighted by molar-refractivity contribution is 0.275. The second kappa shape index (κ2) is 3.52. The average molecular weight is 180 g/mol. The molecule has 3 atom stereocenters. The molecular weight excluding hydrogens is 164 g/mol. The Morgan fingerprint density at radius 1 is 1.54 bits per heavy atom. The second-order valence-corrected chi connectivity index (χ2v) is 3.87. The Kier molecular flexibility index (Phi) is 2.38. The molecule has 1 saturated heterocycles. The summed E-state index contributed by atoms with van der Waals surface area (Å²) in [5.74, 6) is 1.00. The first-order chi connectivity index (χ1) is 6.25. The van der Waals surface area contributed by atoms with Crippen LogP contribution in [0.15, 0.2) is 22.8 Å². The van der Waals surface area contributed by atoms with Gasteiger partial charge in [-0.3, -0.25) is 0 Å². The smallest absolute Gasteiger partial charge is 0.120 e. The van der Waals surface area contributed by atoms with Crippen LogP contribution >= 0.6 is 0 Å². The van der Waals surface area contributed by atoms with Gasteiger partial charge < -0.3 is 15.5 Å². The maximum absolute atomic E-state index is 5.94. The van der Waals surface area contributed by atoms with Gasteiger partial charge in [-0.15, -0.1) is 0 Å². The van der Waals surface area contributed by atoms with Crippen LogP contribution in [0.2, 0.25) is 0 Å². The van der Waals surface area contributed by atoms with Gasteiger partial charge in [-0.1, -0.05) is 0 Å². The summed E-state index contributed by atoms with van der Waals surface area (Å²) in [6.07, 6.45) is 3.73. The molecule has 1 aliphatic rings. The minimum Gasteiger partial charge on any atom is -0.468 e. The van der Waals surface area contributed by atoms with Crippen LogP contribution in [-0.2, 0) is 0 Å². The summed E-state index contributed by atoms with van der Waals surface area (Å²) in [4.78, 5) is 0. The largest absolute Gasteiger partial charge is 0.468 e. The molecule has 2 heterocycles. The van der Waals surface area contributed by atoms with Crippen LogP contribution in [0.3, 0.4) is 0 Å². The van der Waals surface area contributed by atoms with Crippen molar-refractivity contribution in [3.05, 3.63) is 24.2 Å². The van der Waals surface area contributed by atoms with E-state index < -0.39 is 0 Å². The summed E-state index contributed by atoms with van der Waals surface area (Å²) in [5, 5.41) is 3.48. The fourth-order valence-electron chi connectivity index (χ4n) is 2.02. The van der Waals surface area contributed by atoms with Gasteiger partial charge in [0.15, 0.2) is 0 Å². The fraction of sp³-hybridized carbons (Fsp3) is 0.600. The van der Waals surface area contributed by atoms with Crippen LogP contribution in [-0.4, -0.2) is 12.1 Å². The van der Waals surface area contributed by atoms with Crippen molar-refractivity contribution in [1.29, 1.82) is 0 Å². The number of nitrogens with two attached hydrogens (primary N) is 1. The van der Waals surface area contributed by atoms with Gasteiger partial charge in [0.05, 0.1) is 12.3 Å². The lowest BCUT2D eigenvalue weighted by Gasteiger charge is -2.31. The first-order valence-electron chi connectivity index (χ1n) is 4.80. The molecule has 0 bridgehead atoms. The highest BCUT2D eigenvalue weighted by atomic mass is 16.3. The first-order valence-corrected chi connectivity index (χ1v) is 4.80. The zero-order chi connectivity index (χ0) is 9.26. The molecule has 0 unspecified atom stereocenters. The van der Waals surface area contributed by atoms with Crippen molar-refractivity contribution in [2.75, 3.05) is 0 Å². The van der Waals surface area contributed by atoms with E-state index in [1.54, 1.807) is 6.26 Å². The van der Waals surface area contributed by atoms with E-state index in [-0.39, 0.29) is 0 Å². The number of furan rings is 1. The number of hydrogen-bond acceptors (Lipinski definition) is 3. The van der Waals surface area contributed by atoms with E-state index in [9.17, 15) is 0 Å². The van der Waals surface area contributed by atoms with Gasteiger partial charge in [0.1, 0.15) is 5.76 Å². The Labute approximate surface area is 78.3 Å². The maximum Gasteiger partial charge on any atom is 0.120 e. The van der Waals surface area contributed by atoms with Crippen LogP contribution in [0, 0.1) is 0 Å². The number of rotatable bonds is 1. The number of hydrogen-bond donors (Lipinski definition) is 2. The lowest BCUT2D eigenvalue weighted by Crippen LogP contribution is -2.44. The topological polar surface area (TPSA) is 51.2 Å². The minimum absolute atomic E-state index is 0.298. The zero-order valence-electron chi connectivity index (χ0n) is 7.86. The van der Waals surface area contributed by atoms with Gasteiger partial charge in [-0.25, -0.2) is 0 Å². The standard InChI is InChI=1S/C10H16N2O/c1-7-5-8(11)6-9(12-7)10-3-2-4-13-10/h2-4,7-9,12H,5-6,11H2,1H3/t7-,8-,9-/m0/s1. The molecule has 2 rings (SSSR count). The molecule has 0 aliphatic carbocycles. The molecule has 72 valence electrons. The van der Waals surface area contributed by atoms with Crippen LogP contribution < -0.4 is 11.1 Å². The molecule has 13 heavy (non-hydrogen) atoms. The first kappa shape index (κ1) is 8.78. The van der Waals surface area contributed by atoms with Crippen molar-refractivity contribution >= 4 is 0 Å². The molecule has 1 aromatic heterocycles. The average Bonchev–Trinajstić information content (AvgIpc) is 2.53. The highest BCUT2D eigenvalue weighted by molar-refractivity contribution is 5.07. The molecule has 0 aromatic carbocycles. The van der Waals surface area contributed by atoms with Crippen molar-refractivity contribution in [1.82, 2.24) is 5.32 Å². The molecule has 0 amide bonds. The summed E-state index contributed by atoms with van der Waals surface area (Å²) in [6, 6.07) is 5.00. The molecule has 0 saturated carbocycles. The van der Waals surface area contributed by atoms with Gasteiger partial charge in [0.2, 0.25) is 0 Å². The van der Waals surface area contributed by atoms with E-state index in [4.69, 9.17) is 10.2 Å². The molecule has 3 nitrogen and oxygen atoms in total. The maximum atomic E-state index is 5.94. The summed E-state index contributed by atoms with van der Waals surface area (Å²) < 4.78 is 5.35. The van der Waals surface area contributed by atoms with Crippen molar-refractivity contribution in [3.8, 4) is 0 Å². The van der Waals surface area contributed by atoms with Gasteiger partial charge in [-0.2, -0.15) is 0 Å². The molecule has 1 aromatic rings. The van der Waals surface area contributed by atoms with Gasteiger partial charge in [0.25, 0.3) is 0 Å². The van der Waals surface area contributed by atoms with E-state index in [1.807, 2.05) is 12.1 Å². The van der Waals surface area contributed by atoms with Gasteiger partial charge in [0, 0.05) is 12.1 Å². The SMILES string of the molecule is C[C@H]1C[C@H](N)C[C@@H](c2ccco2)N1. The molecule has 1 aliphatic heterocycles. The Morgan fingerprint density at radius 2 is 2.38 bits per heavy atom. The fourth-order valence-corrected chi connectivity index (χ4v) is 2.02. The Balaban J connectivity index is 2.07. The van der Waals surface area contributed by atoms with Crippen LogP contribution in [0.25, 0.3) is 0 Å². The molecule has 3 N–H and O–H groups in total. The van der Waals surface area contributed by atoms with Gasteiger partial charge >= 0.3 is 0 Å². The molecule has 1 fully saturated rings. The van der Waals surface area contributed by atoms with Crippen LogP contribution in [0.5, 0.6) is 0 Å². The van der Waals surface area contributed by atoms with Gasteiger partial charge in [-0.05, 0) is 31.9 Å². The third-order valence-corrected chi connectivity index (χ3v) is 2.57. The Morgan fingerprint density at radius 3 is 3.00 bits per heavy atom. The van der Waals surface area contributed by atoms with E-state index in [1.165, 1.54) is 0 Å². The summed E-state index contributed by atoms with van der Waals surface area (Å²) >= 11 is 0. The summed E-state index contributed by atoms with van der Waals surface area (Å²) in [7, 11) is 0. The normalized spacial score (nSPS) is 34.8. The molecule has 0 radical (unpaired) electrons. The second-order valence-electron chi connectivity index (χ2n) is 3.87. The third kappa shape index (κ3) is 1.92. The predicted octanol–water partition coefficient (Wildman–Crippen LogP) is 1.42. The monoisotopic (exact) mass is 180 g/mol. The third-order valence-electron chi connectivity index (χ3n) is 2.57. The van der Waals surface area contributed by atoms with Crippen LogP contribution in [0.4, 0.5) is 0 Å². The highest BCUT2D eigenvalue weighted by Crippen LogP contribution is 2.24. The predicted molar refractivity (Wildman–Crippen MR) is 51.3 cm³/mol. The van der Waals surface area contributed by atoms with Crippen molar-refractivity contribution in [2.45, 2.75) is 37.9 Å². The van der Waals surface area contributed by atoms with E-state index in [0.717, 1.165) is 18.6 Å². The van der Waals surface area contributed by atoms with E-state index in [0.29, 0.717) is 18.1 Å². The van der Waals surface area contributed by atoms with Crippen molar-refractivity contribution < 1.29 is 4.42 Å². The van der Waals surface area contributed by atoms with E-state index in [2.05, 4.69) is 12.2 Å².